The number of carbonyl (C=O) groups excluding carboxylic acids is 3. The number of hydrogen-bond donors (Lipinski definition) is 0. The first-order chi connectivity index (χ1) is 9.51. The quantitative estimate of drug-likeness (QED) is 0.603. The van der Waals surface area contributed by atoms with E-state index in [0.717, 1.165) is 10.5 Å². The third-order valence-electron chi connectivity index (χ3n) is 3.01. The number of carbonyl (C=O) groups is 3. The maximum atomic E-state index is 12.0. The Balaban J connectivity index is 2.06. The molecule has 1 aromatic rings. The first kappa shape index (κ1) is 14.0. The van der Waals surface area contributed by atoms with E-state index in [1.165, 1.54) is 6.92 Å². The Kier molecular flexibility index (Phi) is 4.02. The molecule has 6 heteroatoms. The molecule has 2 amide bonds. The van der Waals surface area contributed by atoms with E-state index in [9.17, 15) is 14.4 Å². The lowest BCUT2D eigenvalue weighted by molar-refractivity contribution is -0.154. The molecule has 20 heavy (non-hydrogen) atoms. The summed E-state index contributed by atoms with van der Waals surface area (Å²) in [5.74, 6) is -0.675. The summed E-state index contributed by atoms with van der Waals surface area (Å²) >= 11 is 0. The van der Waals surface area contributed by atoms with Crippen molar-refractivity contribution in [2.75, 3.05) is 7.11 Å². The topological polar surface area (TPSA) is 72.9 Å². The molecule has 0 saturated carbocycles. The van der Waals surface area contributed by atoms with Gasteiger partial charge in [-0.2, -0.15) is 0 Å². The highest BCUT2D eigenvalue weighted by molar-refractivity contribution is 6.05. The van der Waals surface area contributed by atoms with E-state index < -0.39 is 18.0 Å². The number of rotatable bonds is 4. The minimum absolute atomic E-state index is 0.0887. The van der Waals surface area contributed by atoms with Gasteiger partial charge in [-0.1, -0.05) is 12.1 Å². The van der Waals surface area contributed by atoms with Gasteiger partial charge in [0.05, 0.1) is 20.1 Å². The molecule has 2 rings (SSSR count). The molecule has 6 nitrogen and oxygen atoms in total. The number of ether oxygens (including phenoxy) is 2. The smallest absolute Gasteiger partial charge is 0.303 e. The Labute approximate surface area is 116 Å². The van der Waals surface area contributed by atoms with Crippen LogP contribution in [0.15, 0.2) is 24.3 Å². The van der Waals surface area contributed by atoms with Crippen molar-refractivity contribution in [1.82, 2.24) is 4.90 Å². The van der Waals surface area contributed by atoms with Crippen LogP contribution in [-0.2, 0) is 25.7 Å². The van der Waals surface area contributed by atoms with Crippen LogP contribution in [0.2, 0.25) is 0 Å². The average molecular weight is 277 g/mol. The van der Waals surface area contributed by atoms with Crippen LogP contribution in [0.4, 0.5) is 0 Å². The number of methoxy groups -OCH3 is 1. The molecule has 0 spiro atoms. The van der Waals surface area contributed by atoms with Gasteiger partial charge in [0.2, 0.25) is 5.91 Å². The number of esters is 1. The first-order valence-corrected chi connectivity index (χ1v) is 6.15. The van der Waals surface area contributed by atoms with Crippen LogP contribution in [0.1, 0.15) is 18.9 Å². The minimum Gasteiger partial charge on any atom is -0.497 e. The highest BCUT2D eigenvalue weighted by atomic mass is 16.5. The van der Waals surface area contributed by atoms with E-state index in [1.807, 2.05) is 0 Å². The fraction of sp³-hybridized carbons (Fsp3) is 0.357. The molecule has 106 valence electrons. The minimum atomic E-state index is -0.988. The van der Waals surface area contributed by atoms with Crippen LogP contribution in [0.5, 0.6) is 5.75 Å². The van der Waals surface area contributed by atoms with E-state index in [1.54, 1.807) is 31.4 Å². The second-order valence-electron chi connectivity index (χ2n) is 4.47. The van der Waals surface area contributed by atoms with E-state index in [2.05, 4.69) is 0 Å². The van der Waals surface area contributed by atoms with Gasteiger partial charge in [-0.15, -0.1) is 0 Å². The number of likely N-dealkylation sites (tertiary alicyclic amines) is 1. The van der Waals surface area contributed by atoms with Gasteiger partial charge in [-0.05, 0) is 17.7 Å². The molecule has 1 aromatic carbocycles. The summed E-state index contributed by atoms with van der Waals surface area (Å²) in [7, 11) is 1.56. The van der Waals surface area contributed by atoms with Crippen LogP contribution in [0.25, 0.3) is 0 Å². The van der Waals surface area contributed by atoms with Crippen molar-refractivity contribution in [2.24, 2.45) is 0 Å². The molecule has 1 fully saturated rings. The molecule has 1 aliphatic rings. The first-order valence-electron chi connectivity index (χ1n) is 6.15. The molecule has 1 aliphatic heterocycles. The summed E-state index contributed by atoms with van der Waals surface area (Å²) in [6.45, 7) is 1.38. The van der Waals surface area contributed by atoms with Crippen molar-refractivity contribution in [2.45, 2.75) is 26.0 Å². The number of benzene rings is 1. The zero-order valence-corrected chi connectivity index (χ0v) is 11.3. The fourth-order valence-corrected chi connectivity index (χ4v) is 2.02. The Morgan fingerprint density at radius 2 is 1.95 bits per heavy atom. The molecule has 1 atom stereocenters. The number of hydrogen-bond acceptors (Lipinski definition) is 5. The lowest BCUT2D eigenvalue weighted by atomic mass is 10.2. The monoisotopic (exact) mass is 277 g/mol. The fourth-order valence-electron chi connectivity index (χ4n) is 2.02. The van der Waals surface area contributed by atoms with Gasteiger partial charge in [0.1, 0.15) is 5.75 Å². The Bertz CT molecular complexity index is 537. The van der Waals surface area contributed by atoms with E-state index in [0.29, 0.717) is 5.75 Å². The van der Waals surface area contributed by atoms with E-state index in [-0.39, 0.29) is 18.9 Å². The van der Waals surface area contributed by atoms with Crippen LogP contribution in [-0.4, -0.2) is 35.9 Å². The second kappa shape index (κ2) is 5.73. The maximum Gasteiger partial charge on any atom is 0.303 e. The SMILES string of the molecule is COc1ccc(CN2C(=O)C[C@@H](OC(C)=O)C2=O)cc1. The summed E-state index contributed by atoms with van der Waals surface area (Å²) < 4.78 is 9.86. The average Bonchev–Trinajstić information content (AvgIpc) is 2.66. The van der Waals surface area contributed by atoms with Gasteiger partial charge in [-0.3, -0.25) is 19.3 Å². The van der Waals surface area contributed by atoms with Gasteiger partial charge in [0.25, 0.3) is 5.91 Å². The highest BCUT2D eigenvalue weighted by Gasteiger charge is 2.40. The summed E-state index contributed by atoms with van der Waals surface area (Å²) in [6, 6.07) is 7.06. The van der Waals surface area contributed by atoms with E-state index >= 15 is 0 Å². The lowest BCUT2D eigenvalue weighted by Crippen LogP contribution is -2.32. The van der Waals surface area contributed by atoms with Gasteiger partial charge >= 0.3 is 5.97 Å². The predicted molar refractivity (Wildman–Crippen MR) is 68.7 cm³/mol. The third kappa shape index (κ3) is 2.96. The van der Waals surface area contributed by atoms with Gasteiger partial charge < -0.3 is 9.47 Å². The number of nitrogens with zero attached hydrogens (tertiary/aromatic N) is 1. The molecule has 0 unspecified atom stereocenters. The van der Waals surface area contributed by atoms with Crippen molar-refractivity contribution in [3.63, 3.8) is 0 Å². The predicted octanol–water partition coefficient (Wildman–Crippen LogP) is 0.886. The van der Waals surface area contributed by atoms with Gasteiger partial charge in [-0.25, -0.2) is 0 Å². The van der Waals surface area contributed by atoms with Crippen LogP contribution in [0.3, 0.4) is 0 Å². The summed E-state index contributed by atoms with van der Waals surface area (Å²) in [5.41, 5.74) is 0.802. The van der Waals surface area contributed by atoms with Crippen molar-refractivity contribution in [3.8, 4) is 5.75 Å². The Morgan fingerprint density at radius 3 is 2.50 bits per heavy atom. The third-order valence-corrected chi connectivity index (χ3v) is 3.01. The Hall–Kier alpha value is -2.37. The van der Waals surface area contributed by atoms with E-state index in [4.69, 9.17) is 9.47 Å². The van der Waals surface area contributed by atoms with Crippen molar-refractivity contribution >= 4 is 17.8 Å². The molecule has 0 N–H and O–H groups in total. The number of imide groups is 1. The normalized spacial score (nSPS) is 18.3. The summed E-state index contributed by atoms with van der Waals surface area (Å²) in [5, 5.41) is 0. The molecule has 0 bridgehead atoms. The van der Waals surface area contributed by atoms with Gasteiger partial charge in [0.15, 0.2) is 6.10 Å². The van der Waals surface area contributed by atoms with Crippen molar-refractivity contribution in [3.05, 3.63) is 29.8 Å². The molecule has 1 saturated heterocycles. The molecule has 0 aromatic heterocycles. The zero-order chi connectivity index (χ0) is 14.7. The second-order valence-corrected chi connectivity index (χ2v) is 4.47. The maximum absolute atomic E-state index is 12.0. The molecular formula is C14H15NO5. The van der Waals surface area contributed by atoms with Crippen LogP contribution in [0, 0.1) is 0 Å². The molecule has 0 radical (unpaired) electrons. The highest BCUT2D eigenvalue weighted by Crippen LogP contribution is 2.20. The Morgan fingerprint density at radius 1 is 1.30 bits per heavy atom. The summed E-state index contributed by atoms with van der Waals surface area (Å²) in [4.78, 5) is 35.8. The molecular weight excluding hydrogens is 262 g/mol. The van der Waals surface area contributed by atoms with Crippen LogP contribution < -0.4 is 4.74 Å². The number of amides is 2. The largest absolute Gasteiger partial charge is 0.497 e. The van der Waals surface area contributed by atoms with Crippen LogP contribution >= 0.6 is 0 Å². The molecule has 0 aliphatic carbocycles. The standard InChI is InChI=1S/C14H15NO5/c1-9(16)20-12-7-13(17)15(14(12)18)8-10-3-5-11(19-2)6-4-10/h3-6,12H,7-8H2,1-2H3/t12-/m1/s1. The lowest BCUT2D eigenvalue weighted by Gasteiger charge is -2.15. The zero-order valence-electron chi connectivity index (χ0n) is 11.3. The van der Waals surface area contributed by atoms with Crippen molar-refractivity contribution in [1.29, 1.82) is 0 Å². The van der Waals surface area contributed by atoms with Gasteiger partial charge in [0, 0.05) is 6.92 Å². The summed E-state index contributed by atoms with van der Waals surface area (Å²) in [6.07, 6.45) is -1.08. The van der Waals surface area contributed by atoms with Crippen molar-refractivity contribution < 1.29 is 23.9 Å². The molecule has 1 heterocycles.